The van der Waals surface area contributed by atoms with Gasteiger partial charge in [-0.15, -0.1) is 0 Å². The van der Waals surface area contributed by atoms with Gasteiger partial charge >= 0.3 is 0 Å². The Hall–Kier alpha value is -2.33. The van der Waals surface area contributed by atoms with Crippen molar-refractivity contribution < 1.29 is 4.74 Å². The number of hydrogen-bond donors (Lipinski definition) is 1. The number of hydrogen-bond acceptors (Lipinski definition) is 4. The molecule has 2 aromatic carbocycles. The topological polar surface area (TPSA) is 36.9 Å². The van der Waals surface area contributed by atoms with Crippen molar-refractivity contribution in [3.63, 3.8) is 0 Å². The summed E-state index contributed by atoms with van der Waals surface area (Å²) in [7, 11) is 0. The van der Waals surface area contributed by atoms with Crippen molar-refractivity contribution in [3.8, 4) is 5.75 Å². The lowest BCUT2D eigenvalue weighted by Gasteiger charge is -2.14. The zero-order valence-electron chi connectivity index (χ0n) is 13.3. The minimum absolute atomic E-state index is 0.753. The Morgan fingerprint density at radius 3 is 2.48 bits per heavy atom. The standard InChI is InChI=1S/C19H23N3O/c1-2-6-18(7-3-1)21-20-16-17-8-10-19(11-9-17)23-15-14-22-12-4-5-13-22/h1-3,6-11,16,21H,4-5,12-15H2. The van der Waals surface area contributed by atoms with Gasteiger partial charge in [-0.05, 0) is 67.9 Å². The van der Waals surface area contributed by atoms with Crippen molar-refractivity contribution in [2.45, 2.75) is 12.8 Å². The smallest absolute Gasteiger partial charge is 0.119 e. The predicted octanol–water partition coefficient (Wildman–Crippen LogP) is 3.61. The van der Waals surface area contributed by atoms with E-state index in [0.717, 1.165) is 30.2 Å². The third-order valence-electron chi connectivity index (χ3n) is 3.94. The number of para-hydroxylation sites is 1. The minimum Gasteiger partial charge on any atom is -0.492 e. The van der Waals surface area contributed by atoms with Gasteiger partial charge in [0.1, 0.15) is 12.4 Å². The molecule has 23 heavy (non-hydrogen) atoms. The van der Waals surface area contributed by atoms with Gasteiger partial charge in [0.15, 0.2) is 0 Å². The lowest BCUT2D eigenvalue weighted by molar-refractivity contribution is 0.238. The summed E-state index contributed by atoms with van der Waals surface area (Å²) in [6.07, 6.45) is 4.46. The number of nitrogens with one attached hydrogen (secondary N) is 1. The maximum Gasteiger partial charge on any atom is 0.119 e. The summed E-state index contributed by atoms with van der Waals surface area (Å²) in [4.78, 5) is 2.45. The molecule has 0 unspecified atom stereocenters. The van der Waals surface area contributed by atoms with Crippen LogP contribution in [-0.2, 0) is 0 Å². The van der Waals surface area contributed by atoms with Gasteiger partial charge in [-0.1, -0.05) is 18.2 Å². The van der Waals surface area contributed by atoms with Crippen LogP contribution in [0.3, 0.4) is 0 Å². The molecule has 0 aliphatic carbocycles. The van der Waals surface area contributed by atoms with Crippen molar-refractivity contribution in [1.82, 2.24) is 4.90 Å². The molecule has 0 amide bonds. The summed E-state index contributed by atoms with van der Waals surface area (Å²) in [5, 5.41) is 4.23. The Kier molecular flexibility index (Phi) is 5.64. The first-order chi connectivity index (χ1) is 11.4. The lowest BCUT2D eigenvalue weighted by atomic mass is 10.2. The largest absolute Gasteiger partial charge is 0.492 e. The summed E-state index contributed by atoms with van der Waals surface area (Å²) >= 11 is 0. The molecule has 0 radical (unpaired) electrons. The van der Waals surface area contributed by atoms with Gasteiger partial charge in [-0.3, -0.25) is 10.3 Å². The molecule has 3 rings (SSSR count). The Balaban J connectivity index is 1.43. The van der Waals surface area contributed by atoms with Crippen LogP contribution in [0.5, 0.6) is 5.75 Å². The van der Waals surface area contributed by atoms with Crippen molar-refractivity contribution in [3.05, 3.63) is 60.2 Å². The molecule has 1 aliphatic heterocycles. The zero-order valence-corrected chi connectivity index (χ0v) is 13.3. The van der Waals surface area contributed by atoms with Crippen LogP contribution in [0.15, 0.2) is 59.7 Å². The van der Waals surface area contributed by atoms with Crippen LogP contribution in [0.4, 0.5) is 5.69 Å². The van der Waals surface area contributed by atoms with Crippen LogP contribution < -0.4 is 10.2 Å². The van der Waals surface area contributed by atoms with Gasteiger partial charge in [0.2, 0.25) is 0 Å². The first kappa shape index (κ1) is 15.6. The van der Waals surface area contributed by atoms with E-state index in [4.69, 9.17) is 4.74 Å². The van der Waals surface area contributed by atoms with Crippen molar-refractivity contribution in [2.75, 3.05) is 31.7 Å². The zero-order chi connectivity index (χ0) is 15.7. The van der Waals surface area contributed by atoms with E-state index in [0.29, 0.717) is 0 Å². The summed E-state index contributed by atoms with van der Waals surface area (Å²) in [6, 6.07) is 17.9. The molecule has 4 heteroatoms. The summed E-state index contributed by atoms with van der Waals surface area (Å²) < 4.78 is 5.79. The van der Waals surface area contributed by atoms with Crippen LogP contribution in [0.25, 0.3) is 0 Å². The maximum atomic E-state index is 5.79. The van der Waals surface area contributed by atoms with Crippen molar-refractivity contribution in [1.29, 1.82) is 0 Å². The van der Waals surface area contributed by atoms with E-state index in [1.54, 1.807) is 6.21 Å². The quantitative estimate of drug-likeness (QED) is 0.627. The van der Waals surface area contributed by atoms with Crippen molar-refractivity contribution in [2.24, 2.45) is 5.10 Å². The van der Waals surface area contributed by atoms with Crippen LogP contribution in [0, 0.1) is 0 Å². The van der Waals surface area contributed by atoms with E-state index in [-0.39, 0.29) is 0 Å². The van der Waals surface area contributed by atoms with Crippen molar-refractivity contribution >= 4 is 11.9 Å². The highest BCUT2D eigenvalue weighted by molar-refractivity contribution is 5.80. The maximum absolute atomic E-state index is 5.79. The van der Waals surface area contributed by atoms with E-state index in [1.807, 2.05) is 54.6 Å². The highest BCUT2D eigenvalue weighted by Crippen LogP contribution is 2.12. The fourth-order valence-corrected chi connectivity index (χ4v) is 2.64. The number of hydrazone groups is 1. The number of ether oxygens (including phenoxy) is 1. The van der Waals surface area contributed by atoms with Gasteiger partial charge in [-0.25, -0.2) is 0 Å². The third kappa shape index (κ3) is 5.11. The highest BCUT2D eigenvalue weighted by Gasteiger charge is 2.10. The number of likely N-dealkylation sites (tertiary alicyclic amines) is 1. The fourth-order valence-electron chi connectivity index (χ4n) is 2.64. The molecule has 0 atom stereocenters. The molecule has 0 saturated carbocycles. The second-order valence-corrected chi connectivity index (χ2v) is 5.70. The number of rotatable bonds is 7. The molecular formula is C19H23N3O. The molecule has 1 N–H and O–H groups in total. The molecular weight excluding hydrogens is 286 g/mol. The third-order valence-corrected chi connectivity index (χ3v) is 3.94. The Labute approximate surface area is 137 Å². The minimum atomic E-state index is 0.753. The SMILES string of the molecule is C(=NNc1ccccc1)c1ccc(OCCN2CCCC2)cc1. The molecule has 1 saturated heterocycles. The summed E-state index contributed by atoms with van der Waals surface area (Å²) in [6.45, 7) is 4.20. The second-order valence-electron chi connectivity index (χ2n) is 5.70. The van der Waals surface area contributed by atoms with Gasteiger partial charge in [-0.2, -0.15) is 5.10 Å². The molecule has 1 fully saturated rings. The fraction of sp³-hybridized carbons (Fsp3) is 0.316. The Morgan fingerprint density at radius 1 is 1.00 bits per heavy atom. The predicted molar refractivity (Wildman–Crippen MR) is 95.3 cm³/mol. The number of anilines is 1. The van der Waals surface area contributed by atoms with Gasteiger partial charge in [0.25, 0.3) is 0 Å². The van der Waals surface area contributed by atoms with Gasteiger partial charge in [0.05, 0.1) is 11.9 Å². The Morgan fingerprint density at radius 2 is 1.74 bits per heavy atom. The Bertz CT molecular complexity index is 604. The monoisotopic (exact) mass is 309 g/mol. The molecule has 2 aromatic rings. The van der Waals surface area contributed by atoms with E-state index in [1.165, 1.54) is 25.9 Å². The number of nitrogens with zero attached hydrogens (tertiary/aromatic N) is 2. The molecule has 0 bridgehead atoms. The average Bonchev–Trinajstić information content (AvgIpc) is 3.11. The lowest BCUT2D eigenvalue weighted by Crippen LogP contribution is -2.25. The van der Waals surface area contributed by atoms with Gasteiger partial charge in [0, 0.05) is 6.54 Å². The van der Waals surface area contributed by atoms with Crippen LogP contribution in [0.2, 0.25) is 0 Å². The van der Waals surface area contributed by atoms with Crippen LogP contribution >= 0.6 is 0 Å². The molecule has 4 nitrogen and oxygen atoms in total. The molecule has 1 aliphatic rings. The summed E-state index contributed by atoms with van der Waals surface area (Å²) in [5.41, 5.74) is 5.03. The number of benzene rings is 2. The normalized spacial score (nSPS) is 15.1. The first-order valence-corrected chi connectivity index (χ1v) is 8.19. The molecule has 120 valence electrons. The van der Waals surface area contributed by atoms with Crippen LogP contribution in [0.1, 0.15) is 18.4 Å². The molecule has 0 spiro atoms. The van der Waals surface area contributed by atoms with Crippen LogP contribution in [-0.4, -0.2) is 37.4 Å². The van der Waals surface area contributed by atoms with Gasteiger partial charge < -0.3 is 4.74 Å². The first-order valence-electron chi connectivity index (χ1n) is 8.19. The average molecular weight is 309 g/mol. The van der Waals surface area contributed by atoms with E-state index in [2.05, 4.69) is 15.4 Å². The molecule has 1 heterocycles. The van der Waals surface area contributed by atoms with E-state index >= 15 is 0 Å². The van der Waals surface area contributed by atoms with E-state index < -0.39 is 0 Å². The highest BCUT2D eigenvalue weighted by atomic mass is 16.5. The summed E-state index contributed by atoms with van der Waals surface area (Å²) in [5.74, 6) is 0.914. The van der Waals surface area contributed by atoms with E-state index in [9.17, 15) is 0 Å². The second kappa shape index (κ2) is 8.34. The molecule has 0 aromatic heterocycles.